The van der Waals surface area contributed by atoms with Crippen molar-refractivity contribution in [2.24, 2.45) is 5.73 Å². The van der Waals surface area contributed by atoms with E-state index in [9.17, 15) is 32.2 Å². The lowest BCUT2D eigenvalue weighted by molar-refractivity contribution is -0.202. The summed E-state index contributed by atoms with van der Waals surface area (Å²) in [4.78, 5) is 33.6. The van der Waals surface area contributed by atoms with Crippen LogP contribution in [0.15, 0.2) is 0 Å². The summed E-state index contributed by atoms with van der Waals surface area (Å²) in [7, 11) is -4.11. The number of hydrogen-bond acceptors (Lipinski definition) is 5. The quantitative estimate of drug-likeness (QED) is 0.321. The minimum absolute atomic E-state index is 0.0621. The van der Waals surface area contributed by atoms with Gasteiger partial charge in [0.25, 0.3) is 0 Å². The molecule has 0 amide bonds. The van der Waals surface area contributed by atoms with Gasteiger partial charge in [0, 0.05) is 6.16 Å². The Labute approximate surface area is 138 Å². The van der Waals surface area contributed by atoms with Crippen LogP contribution in [0.1, 0.15) is 51.4 Å². The minimum Gasteiger partial charge on any atom is -0.386 e. The van der Waals surface area contributed by atoms with E-state index in [1.807, 2.05) is 0 Å². The molecule has 24 heavy (non-hydrogen) atoms. The standard InChI is InChI=1S/C14H23F3NO5P/c15-14(16,17)12(20)23-11(19)13(7-3-1-5-9-18)8-4-2-6-10-24(13,21)22/h1-10,18H2,(H,21,22). The largest absolute Gasteiger partial charge is 0.491 e. The summed E-state index contributed by atoms with van der Waals surface area (Å²) in [6, 6.07) is 0. The summed E-state index contributed by atoms with van der Waals surface area (Å²) in [5, 5.41) is -1.95. The molecule has 0 spiro atoms. The third-order valence-electron chi connectivity index (χ3n) is 4.31. The average molecular weight is 373 g/mol. The number of esters is 2. The SMILES string of the molecule is NCCCCCC1(C(=O)OC(=O)C(F)(F)F)CCCCCP1(=O)O. The van der Waals surface area contributed by atoms with Crippen LogP contribution in [0.2, 0.25) is 0 Å². The van der Waals surface area contributed by atoms with E-state index in [0.29, 0.717) is 45.1 Å². The van der Waals surface area contributed by atoms with Crippen molar-refractivity contribution < 1.29 is 37.0 Å². The summed E-state index contributed by atoms with van der Waals surface area (Å²) < 4.78 is 53.7. The highest BCUT2D eigenvalue weighted by Gasteiger charge is 2.56. The van der Waals surface area contributed by atoms with Crippen molar-refractivity contribution in [3.8, 4) is 0 Å². The second-order valence-electron chi connectivity index (χ2n) is 6.04. The Balaban J connectivity index is 3.05. The average Bonchev–Trinajstić information content (AvgIpc) is 2.62. The number of hydrogen-bond donors (Lipinski definition) is 2. The van der Waals surface area contributed by atoms with Gasteiger partial charge in [-0.2, -0.15) is 13.2 Å². The summed E-state index contributed by atoms with van der Waals surface area (Å²) in [5.74, 6) is -4.19. The van der Waals surface area contributed by atoms with E-state index in [4.69, 9.17) is 5.73 Å². The molecule has 0 bridgehead atoms. The molecule has 0 radical (unpaired) electrons. The van der Waals surface area contributed by atoms with Crippen LogP contribution in [0.3, 0.4) is 0 Å². The van der Waals surface area contributed by atoms with E-state index >= 15 is 0 Å². The van der Waals surface area contributed by atoms with E-state index in [0.717, 1.165) is 0 Å². The maximum atomic E-state index is 12.7. The number of carbonyl (C=O) groups is 2. The molecule has 0 aromatic heterocycles. The monoisotopic (exact) mass is 373 g/mol. The Morgan fingerprint density at radius 2 is 1.83 bits per heavy atom. The second kappa shape index (κ2) is 8.45. The molecular formula is C14H23F3NO5P. The summed E-state index contributed by atoms with van der Waals surface area (Å²) in [5.41, 5.74) is 5.37. The normalized spacial score (nSPS) is 28.2. The molecule has 1 fully saturated rings. The first-order valence-corrected chi connectivity index (χ1v) is 9.77. The predicted octanol–water partition coefficient (Wildman–Crippen LogP) is 2.72. The highest BCUT2D eigenvalue weighted by molar-refractivity contribution is 7.60. The highest BCUT2D eigenvalue weighted by Crippen LogP contribution is 2.61. The van der Waals surface area contributed by atoms with Crippen LogP contribution in [0.25, 0.3) is 0 Å². The molecule has 0 aromatic carbocycles. The van der Waals surface area contributed by atoms with Gasteiger partial charge in [0.15, 0.2) is 0 Å². The molecule has 6 nitrogen and oxygen atoms in total. The van der Waals surface area contributed by atoms with Gasteiger partial charge in [-0.3, -0.25) is 9.36 Å². The summed E-state index contributed by atoms with van der Waals surface area (Å²) >= 11 is 0. The number of ether oxygens (including phenoxy) is 1. The van der Waals surface area contributed by atoms with Gasteiger partial charge in [0.05, 0.1) is 0 Å². The van der Waals surface area contributed by atoms with E-state index in [1.165, 1.54) is 0 Å². The van der Waals surface area contributed by atoms with Crippen LogP contribution in [0.4, 0.5) is 13.2 Å². The Bertz CT molecular complexity index is 511. The number of nitrogens with two attached hydrogens (primary N) is 1. The van der Waals surface area contributed by atoms with Crippen molar-refractivity contribution in [1.82, 2.24) is 0 Å². The molecular weight excluding hydrogens is 350 g/mol. The predicted molar refractivity (Wildman–Crippen MR) is 80.6 cm³/mol. The molecule has 1 aliphatic rings. The lowest BCUT2D eigenvalue weighted by Gasteiger charge is -2.33. The molecule has 1 rings (SSSR count). The van der Waals surface area contributed by atoms with E-state index in [1.54, 1.807) is 0 Å². The molecule has 3 N–H and O–H groups in total. The lowest BCUT2D eigenvalue weighted by Crippen LogP contribution is -2.43. The summed E-state index contributed by atoms with van der Waals surface area (Å²) in [6.45, 7) is 0.404. The van der Waals surface area contributed by atoms with Gasteiger partial charge < -0.3 is 15.4 Å². The van der Waals surface area contributed by atoms with Crippen molar-refractivity contribution >= 4 is 19.3 Å². The Hall–Kier alpha value is -0.920. The first-order valence-electron chi connectivity index (χ1n) is 7.92. The maximum absolute atomic E-state index is 12.7. The molecule has 1 saturated heterocycles. The fraction of sp³-hybridized carbons (Fsp3) is 0.857. The van der Waals surface area contributed by atoms with Crippen molar-refractivity contribution in [1.29, 1.82) is 0 Å². The Morgan fingerprint density at radius 1 is 1.17 bits per heavy atom. The first-order chi connectivity index (χ1) is 11.1. The van der Waals surface area contributed by atoms with Crippen LogP contribution in [0, 0.1) is 0 Å². The molecule has 1 aliphatic heterocycles. The van der Waals surface area contributed by atoms with Crippen LogP contribution in [-0.2, 0) is 18.9 Å². The van der Waals surface area contributed by atoms with Gasteiger partial charge in [0.2, 0.25) is 7.37 Å². The fourth-order valence-corrected chi connectivity index (χ4v) is 5.36. The van der Waals surface area contributed by atoms with Gasteiger partial charge >= 0.3 is 18.1 Å². The Kier molecular flexibility index (Phi) is 7.44. The van der Waals surface area contributed by atoms with Crippen LogP contribution in [-0.4, -0.2) is 40.9 Å². The fourth-order valence-electron chi connectivity index (χ4n) is 2.93. The second-order valence-corrected chi connectivity index (χ2v) is 8.75. The van der Waals surface area contributed by atoms with Crippen molar-refractivity contribution in [3.63, 3.8) is 0 Å². The van der Waals surface area contributed by atoms with Gasteiger partial charge in [0.1, 0.15) is 5.16 Å². The van der Waals surface area contributed by atoms with Crippen molar-refractivity contribution in [3.05, 3.63) is 0 Å². The number of halogens is 3. The molecule has 1 heterocycles. The zero-order chi connectivity index (χ0) is 18.4. The minimum atomic E-state index is -5.33. The molecule has 0 aliphatic carbocycles. The molecule has 0 aromatic rings. The number of carbonyl (C=O) groups excluding carboxylic acids is 2. The van der Waals surface area contributed by atoms with Crippen LogP contribution < -0.4 is 5.73 Å². The van der Waals surface area contributed by atoms with Crippen molar-refractivity contribution in [2.75, 3.05) is 12.7 Å². The molecule has 10 heteroatoms. The van der Waals surface area contributed by atoms with Crippen LogP contribution >= 0.6 is 7.37 Å². The van der Waals surface area contributed by atoms with E-state index < -0.39 is 30.6 Å². The van der Waals surface area contributed by atoms with Gasteiger partial charge in [-0.15, -0.1) is 0 Å². The zero-order valence-corrected chi connectivity index (χ0v) is 14.2. The highest BCUT2D eigenvalue weighted by atomic mass is 31.2. The van der Waals surface area contributed by atoms with Gasteiger partial charge in [-0.05, 0) is 32.2 Å². The zero-order valence-electron chi connectivity index (χ0n) is 13.3. The molecule has 0 saturated carbocycles. The summed E-state index contributed by atoms with van der Waals surface area (Å²) in [6.07, 6.45) is -2.71. The molecule has 2 atom stereocenters. The first kappa shape index (κ1) is 21.1. The smallest absolute Gasteiger partial charge is 0.386 e. The number of rotatable bonds is 6. The van der Waals surface area contributed by atoms with Gasteiger partial charge in [-0.1, -0.05) is 25.7 Å². The van der Waals surface area contributed by atoms with E-state index in [2.05, 4.69) is 4.74 Å². The number of alkyl halides is 3. The van der Waals surface area contributed by atoms with Crippen molar-refractivity contribution in [2.45, 2.75) is 62.7 Å². The number of unbranched alkanes of at least 4 members (excludes halogenated alkanes) is 2. The third kappa shape index (κ3) is 5.04. The van der Waals surface area contributed by atoms with Crippen LogP contribution in [0.5, 0.6) is 0 Å². The topological polar surface area (TPSA) is 107 Å². The maximum Gasteiger partial charge on any atom is 0.491 e. The molecule has 2 unspecified atom stereocenters. The van der Waals surface area contributed by atoms with Gasteiger partial charge in [-0.25, -0.2) is 4.79 Å². The Morgan fingerprint density at radius 3 is 2.42 bits per heavy atom. The third-order valence-corrected chi connectivity index (χ3v) is 7.20. The lowest BCUT2D eigenvalue weighted by atomic mass is 9.94. The van der Waals surface area contributed by atoms with E-state index in [-0.39, 0.29) is 19.0 Å². The molecule has 140 valence electrons.